The van der Waals surface area contributed by atoms with Crippen molar-refractivity contribution in [1.29, 1.82) is 0 Å². The van der Waals surface area contributed by atoms with E-state index >= 15 is 0 Å². The smallest absolute Gasteiger partial charge is 0.251 e. The Hall–Kier alpha value is -2.56. The van der Waals surface area contributed by atoms with Gasteiger partial charge >= 0.3 is 0 Å². The van der Waals surface area contributed by atoms with Crippen molar-refractivity contribution in [2.75, 3.05) is 12.4 Å². The lowest BCUT2D eigenvalue weighted by atomic mass is 10.1. The Morgan fingerprint density at radius 1 is 1.27 bits per heavy atom. The third-order valence-electron chi connectivity index (χ3n) is 3.85. The van der Waals surface area contributed by atoms with Gasteiger partial charge in [0.25, 0.3) is 5.91 Å². The van der Waals surface area contributed by atoms with E-state index < -0.39 is 0 Å². The Morgan fingerprint density at radius 2 is 2.09 bits per heavy atom. The Balaban J connectivity index is 1.81. The zero-order chi connectivity index (χ0) is 15.7. The first-order chi connectivity index (χ1) is 10.6. The number of hydrogen-bond donors (Lipinski definition) is 2. The van der Waals surface area contributed by atoms with E-state index in [9.17, 15) is 9.18 Å². The van der Waals surface area contributed by atoms with Gasteiger partial charge in [0.05, 0.1) is 13.2 Å². The maximum absolute atomic E-state index is 14.1. The number of ether oxygens (including phenoxy) is 1. The van der Waals surface area contributed by atoms with Crippen LogP contribution in [0.25, 0.3) is 0 Å². The van der Waals surface area contributed by atoms with Gasteiger partial charge in [0.2, 0.25) is 0 Å². The highest BCUT2D eigenvalue weighted by Gasteiger charge is 2.19. The van der Waals surface area contributed by atoms with E-state index in [2.05, 4.69) is 10.6 Å². The van der Waals surface area contributed by atoms with Gasteiger partial charge in [0.15, 0.2) is 0 Å². The number of carbonyl (C=O) groups is 1. The number of methoxy groups -OCH3 is 1. The van der Waals surface area contributed by atoms with E-state index in [1.807, 2.05) is 19.1 Å². The lowest BCUT2D eigenvalue weighted by Gasteiger charge is -2.17. The minimum atomic E-state index is -0.321. The minimum absolute atomic E-state index is 0.0677. The molecule has 3 rings (SSSR count). The summed E-state index contributed by atoms with van der Waals surface area (Å²) < 4.78 is 19.1. The van der Waals surface area contributed by atoms with Crippen LogP contribution in [0.3, 0.4) is 0 Å². The van der Waals surface area contributed by atoms with Gasteiger partial charge in [-0.3, -0.25) is 4.79 Å². The van der Waals surface area contributed by atoms with Crippen LogP contribution in [0.1, 0.15) is 34.5 Å². The van der Waals surface area contributed by atoms with Gasteiger partial charge in [0.1, 0.15) is 11.6 Å². The van der Waals surface area contributed by atoms with Gasteiger partial charge in [-0.15, -0.1) is 0 Å². The number of carbonyl (C=O) groups excluding carboxylic acids is 1. The van der Waals surface area contributed by atoms with Gasteiger partial charge in [-0.05, 0) is 30.7 Å². The summed E-state index contributed by atoms with van der Waals surface area (Å²) in [6.07, 6.45) is 0. The molecule has 5 heteroatoms. The highest BCUT2D eigenvalue weighted by atomic mass is 19.1. The molecule has 1 aliphatic rings. The molecule has 1 atom stereocenters. The van der Waals surface area contributed by atoms with E-state index in [0.717, 1.165) is 11.3 Å². The topological polar surface area (TPSA) is 50.4 Å². The van der Waals surface area contributed by atoms with Crippen molar-refractivity contribution >= 4 is 11.6 Å². The van der Waals surface area contributed by atoms with Gasteiger partial charge in [0, 0.05) is 29.4 Å². The summed E-state index contributed by atoms with van der Waals surface area (Å²) in [4.78, 5) is 11.7. The number of amides is 1. The van der Waals surface area contributed by atoms with Crippen molar-refractivity contribution in [2.45, 2.75) is 19.5 Å². The maximum atomic E-state index is 14.1. The van der Waals surface area contributed by atoms with Gasteiger partial charge in [-0.1, -0.05) is 12.1 Å². The molecule has 1 heterocycles. The highest BCUT2D eigenvalue weighted by Crippen LogP contribution is 2.27. The summed E-state index contributed by atoms with van der Waals surface area (Å²) in [6, 6.07) is 10.2. The van der Waals surface area contributed by atoms with Crippen LogP contribution in [0.4, 0.5) is 10.1 Å². The molecule has 0 spiro atoms. The summed E-state index contributed by atoms with van der Waals surface area (Å²) >= 11 is 0. The quantitative estimate of drug-likeness (QED) is 0.911. The zero-order valence-corrected chi connectivity index (χ0v) is 12.4. The molecule has 22 heavy (non-hydrogen) atoms. The molecule has 0 saturated heterocycles. The summed E-state index contributed by atoms with van der Waals surface area (Å²) in [6.45, 7) is 2.44. The second-order valence-corrected chi connectivity index (χ2v) is 5.31. The average molecular weight is 300 g/mol. The fourth-order valence-corrected chi connectivity index (χ4v) is 2.62. The SMILES string of the molecule is COc1ccc([C@@H](C)Nc2ccc3c(c2)C(=O)NC3)c(F)c1. The average Bonchev–Trinajstić information content (AvgIpc) is 2.88. The zero-order valence-electron chi connectivity index (χ0n) is 12.4. The molecular weight excluding hydrogens is 283 g/mol. The number of benzene rings is 2. The van der Waals surface area contributed by atoms with Gasteiger partial charge in [-0.25, -0.2) is 4.39 Å². The fourth-order valence-electron chi connectivity index (χ4n) is 2.62. The molecule has 2 N–H and O–H groups in total. The second kappa shape index (κ2) is 5.67. The minimum Gasteiger partial charge on any atom is -0.497 e. The second-order valence-electron chi connectivity index (χ2n) is 5.31. The number of anilines is 1. The fraction of sp³-hybridized carbons (Fsp3) is 0.235. The third-order valence-corrected chi connectivity index (χ3v) is 3.85. The summed E-state index contributed by atoms with van der Waals surface area (Å²) in [5.41, 5.74) is 3.00. The molecule has 2 aromatic carbocycles. The van der Waals surface area contributed by atoms with Crippen LogP contribution in [0.5, 0.6) is 5.75 Å². The van der Waals surface area contributed by atoms with Crippen LogP contribution in [0.2, 0.25) is 0 Å². The number of nitrogens with one attached hydrogen (secondary N) is 2. The number of hydrogen-bond acceptors (Lipinski definition) is 3. The maximum Gasteiger partial charge on any atom is 0.251 e. The Bertz CT molecular complexity index is 731. The predicted molar refractivity (Wildman–Crippen MR) is 82.6 cm³/mol. The van der Waals surface area contributed by atoms with Crippen molar-refractivity contribution < 1.29 is 13.9 Å². The third kappa shape index (κ3) is 2.62. The molecule has 2 aromatic rings. The Morgan fingerprint density at radius 3 is 2.82 bits per heavy atom. The molecule has 4 nitrogen and oxygen atoms in total. The monoisotopic (exact) mass is 300 g/mol. The molecule has 0 saturated carbocycles. The van der Waals surface area contributed by atoms with Crippen molar-refractivity contribution in [3.63, 3.8) is 0 Å². The van der Waals surface area contributed by atoms with Crippen LogP contribution in [0, 0.1) is 5.82 Å². The highest BCUT2D eigenvalue weighted by molar-refractivity contribution is 5.99. The first-order valence-electron chi connectivity index (χ1n) is 7.09. The molecule has 0 bridgehead atoms. The van der Waals surface area contributed by atoms with E-state index in [-0.39, 0.29) is 17.8 Å². The van der Waals surface area contributed by atoms with Crippen LogP contribution in [0.15, 0.2) is 36.4 Å². The standard InChI is InChI=1S/C17H17FN2O2/c1-10(14-6-5-13(22-2)8-16(14)18)20-12-4-3-11-9-19-17(21)15(11)7-12/h3-8,10,20H,9H2,1-2H3,(H,19,21)/t10-/m1/s1. The van der Waals surface area contributed by atoms with Crippen molar-refractivity contribution in [3.8, 4) is 5.75 Å². The first kappa shape index (κ1) is 14.4. The molecule has 0 radical (unpaired) electrons. The first-order valence-corrected chi connectivity index (χ1v) is 7.09. The molecule has 0 fully saturated rings. The van der Waals surface area contributed by atoms with Crippen LogP contribution in [-0.4, -0.2) is 13.0 Å². The number of halogens is 1. The van der Waals surface area contributed by atoms with E-state index in [0.29, 0.717) is 23.4 Å². The largest absolute Gasteiger partial charge is 0.497 e. The summed E-state index contributed by atoms with van der Waals surface area (Å²) in [5.74, 6) is 0.0998. The van der Waals surface area contributed by atoms with Gasteiger partial charge < -0.3 is 15.4 Å². The van der Waals surface area contributed by atoms with Crippen molar-refractivity contribution in [2.24, 2.45) is 0 Å². The van der Waals surface area contributed by atoms with Crippen molar-refractivity contribution in [3.05, 3.63) is 58.9 Å². The molecule has 0 aromatic heterocycles. The number of rotatable bonds is 4. The lowest BCUT2D eigenvalue weighted by molar-refractivity contribution is 0.0966. The molecule has 0 unspecified atom stereocenters. The molecule has 0 aliphatic carbocycles. The predicted octanol–water partition coefficient (Wildman–Crippen LogP) is 3.25. The normalized spacial score (nSPS) is 14.2. The lowest BCUT2D eigenvalue weighted by Crippen LogP contribution is -2.13. The molecule has 114 valence electrons. The van der Waals surface area contributed by atoms with Crippen LogP contribution < -0.4 is 15.4 Å². The summed E-state index contributed by atoms with van der Waals surface area (Å²) in [5, 5.41) is 6.00. The molecule has 1 amide bonds. The molecular formula is C17H17FN2O2. The number of fused-ring (bicyclic) bond motifs is 1. The Labute approximate surface area is 128 Å². The van der Waals surface area contributed by atoms with Gasteiger partial charge in [-0.2, -0.15) is 0 Å². The van der Waals surface area contributed by atoms with Crippen LogP contribution >= 0.6 is 0 Å². The van der Waals surface area contributed by atoms with E-state index in [1.54, 1.807) is 18.2 Å². The summed E-state index contributed by atoms with van der Waals surface area (Å²) in [7, 11) is 1.51. The van der Waals surface area contributed by atoms with Crippen molar-refractivity contribution in [1.82, 2.24) is 5.32 Å². The van der Waals surface area contributed by atoms with E-state index in [4.69, 9.17) is 4.74 Å². The van der Waals surface area contributed by atoms with Crippen LogP contribution in [-0.2, 0) is 6.54 Å². The van der Waals surface area contributed by atoms with E-state index in [1.165, 1.54) is 13.2 Å². The Kier molecular flexibility index (Phi) is 3.71. The molecule has 1 aliphatic heterocycles.